The maximum absolute atomic E-state index is 13.3. The lowest BCUT2D eigenvalue weighted by molar-refractivity contribution is -0.140. The molecule has 0 atom stereocenters. The predicted molar refractivity (Wildman–Crippen MR) is 132 cm³/mol. The standard InChI is InChI=1S/C28H35N3O2/c1-6-8-12-18-31-26(32)21(20(3)22(19-29)27(31)33)15-16-25-28(4,5)23-13-10-11-14-24(23)30(25)17-9-7-2/h10-11,13-16H,6-9,12,17-18H2,1-5H3/b21-15-,25-16+. The van der Waals surface area contributed by atoms with Crippen LogP contribution in [0.5, 0.6) is 0 Å². The Morgan fingerprint density at radius 3 is 2.27 bits per heavy atom. The van der Waals surface area contributed by atoms with Crippen LogP contribution in [-0.2, 0) is 15.0 Å². The van der Waals surface area contributed by atoms with Gasteiger partial charge in [-0.1, -0.05) is 65.2 Å². The highest BCUT2D eigenvalue weighted by molar-refractivity contribution is 6.18. The van der Waals surface area contributed by atoms with Crippen molar-refractivity contribution in [3.63, 3.8) is 0 Å². The van der Waals surface area contributed by atoms with Crippen molar-refractivity contribution in [2.45, 2.75) is 72.1 Å². The Hall–Kier alpha value is -3.13. The van der Waals surface area contributed by atoms with Crippen LogP contribution in [0.4, 0.5) is 5.69 Å². The molecule has 0 fully saturated rings. The van der Waals surface area contributed by atoms with Gasteiger partial charge in [-0.3, -0.25) is 14.5 Å². The second kappa shape index (κ2) is 10.2. The highest BCUT2D eigenvalue weighted by Gasteiger charge is 2.40. The van der Waals surface area contributed by atoms with Crippen LogP contribution < -0.4 is 4.90 Å². The Morgan fingerprint density at radius 1 is 0.939 bits per heavy atom. The Morgan fingerprint density at radius 2 is 1.61 bits per heavy atom. The van der Waals surface area contributed by atoms with Crippen LogP contribution >= 0.6 is 0 Å². The number of rotatable bonds is 8. The molecule has 174 valence electrons. The van der Waals surface area contributed by atoms with Gasteiger partial charge < -0.3 is 4.90 Å². The number of carbonyl (C=O) groups is 2. The molecule has 2 heterocycles. The molecule has 5 nitrogen and oxygen atoms in total. The highest BCUT2D eigenvalue weighted by atomic mass is 16.2. The summed E-state index contributed by atoms with van der Waals surface area (Å²) in [6, 6.07) is 10.5. The van der Waals surface area contributed by atoms with Crippen LogP contribution in [0.25, 0.3) is 0 Å². The van der Waals surface area contributed by atoms with Gasteiger partial charge in [0.25, 0.3) is 11.8 Å². The molecular weight excluding hydrogens is 410 g/mol. The van der Waals surface area contributed by atoms with Crippen LogP contribution in [0.3, 0.4) is 0 Å². The van der Waals surface area contributed by atoms with E-state index in [4.69, 9.17) is 0 Å². The fraction of sp³-hybridized carbons (Fsp3) is 0.464. The molecule has 3 rings (SSSR count). The monoisotopic (exact) mass is 445 g/mol. The average molecular weight is 446 g/mol. The first kappa shape index (κ1) is 24.5. The maximum atomic E-state index is 13.3. The topological polar surface area (TPSA) is 64.4 Å². The molecule has 0 aliphatic carbocycles. The smallest absolute Gasteiger partial charge is 0.271 e. The third-order valence-corrected chi connectivity index (χ3v) is 6.75. The summed E-state index contributed by atoms with van der Waals surface area (Å²) in [7, 11) is 0. The number of hydrogen-bond donors (Lipinski definition) is 0. The zero-order valence-electron chi connectivity index (χ0n) is 20.6. The van der Waals surface area contributed by atoms with Gasteiger partial charge in [0.15, 0.2) is 0 Å². The molecule has 0 radical (unpaired) electrons. The lowest BCUT2D eigenvalue weighted by Crippen LogP contribution is -2.43. The molecule has 2 aliphatic heterocycles. The molecule has 0 spiro atoms. The van der Waals surface area contributed by atoms with E-state index >= 15 is 0 Å². The van der Waals surface area contributed by atoms with Gasteiger partial charge in [-0.2, -0.15) is 5.26 Å². The molecule has 0 N–H and O–H groups in total. The number of benzene rings is 1. The molecule has 0 saturated carbocycles. The fourth-order valence-corrected chi connectivity index (χ4v) is 4.74. The van der Waals surface area contributed by atoms with Crippen molar-refractivity contribution in [3.05, 3.63) is 64.4 Å². The SMILES string of the molecule is CCCCCN1C(=O)C(C#N)=C(C)/C(=C/C=C2/N(CCCC)c3ccccc3C2(C)C)C1=O. The van der Waals surface area contributed by atoms with Crippen molar-refractivity contribution in [3.8, 4) is 6.07 Å². The number of nitrogens with zero attached hydrogens (tertiary/aromatic N) is 3. The summed E-state index contributed by atoms with van der Waals surface area (Å²) >= 11 is 0. The van der Waals surface area contributed by atoms with E-state index in [0.717, 1.165) is 44.3 Å². The lowest BCUT2D eigenvalue weighted by atomic mass is 9.83. The van der Waals surface area contributed by atoms with E-state index in [0.29, 0.717) is 17.7 Å². The van der Waals surface area contributed by atoms with Crippen LogP contribution in [0, 0.1) is 11.3 Å². The molecule has 5 heteroatoms. The van der Waals surface area contributed by atoms with Crippen molar-refractivity contribution >= 4 is 17.5 Å². The van der Waals surface area contributed by atoms with Gasteiger partial charge in [0, 0.05) is 35.5 Å². The molecular formula is C28H35N3O2. The second-order valence-electron chi connectivity index (χ2n) is 9.36. The third-order valence-electron chi connectivity index (χ3n) is 6.75. The third kappa shape index (κ3) is 4.53. The first-order chi connectivity index (χ1) is 15.8. The number of nitriles is 1. The van der Waals surface area contributed by atoms with Crippen LogP contribution in [0.2, 0.25) is 0 Å². The van der Waals surface area contributed by atoms with Crippen molar-refractivity contribution in [1.29, 1.82) is 5.26 Å². The summed E-state index contributed by atoms with van der Waals surface area (Å²) in [6.07, 6.45) is 8.66. The Balaban J connectivity index is 2.07. The number of fused-ring (bicyclic) bond motifs is 1. The normalized spacial score (nSPS) is 20.1. The van der Waals surface area contributed by atoms with Gasteiger partial charge in [0.1, 0.15) is 11.6 Å². The summed E-state index contributed by atoms with van der Waals surface area (Å²) in [5, 5.41) is 9.63. The van der Waals surface area contributed by atoms with Crippen molar-refractivity contribution in [1.82, 2.24) is 4.90 Å². The number of amides is 2. The minimum absolute atomic E-state index is 0.0626. The summed E-state index contributed by atoms with van der Waals surface area (Å²) in [5.74, 6) is -0.781. The highest BCUT2D eigenvalue weighted by Crippen LogP contribution is 2.47. The van der Waals surface area contributed by atoms with Crippen molar-refractivity contribution < 1.29 is 9.59 Å². The van der Waals surface area contributed by atoms with E-state index in [1.165, 1.54) is 16.2 Å². The summed E-state index contributed by atoms with van der Waals surface area (Å²) in [4.78, 5) is 29.7. The number of hydrogen-bond acceptors (Lipinski definition) is 4. The van der Waals surface area contributed by atoms with Gasteiger partial charge >= 0.3 is 0 Å². The minimum atomic E-state index is -0.473. The molecule has 0 unspecified atom stereocenters. The molecule has 1 aromatic rings. The van der Waals surface area contributed by atoms with Crippen molar-refractivity contribution in [2.75, 3.05) is 18.0 Å². The number of allylic oxidation sites excluding steroid dienone is 3. The lowest BCUT2D eigenvalue weighted by Gasteiger charge is -2.28. The molecule has 0 saturated heterocycles. The van der Waals surface area contributed by atoms with E-state index in [-0.39, 0.29) is 16.9 Å². The van der Waals surface area contributed by atoms with Gasteiger partial charge in [-0.25, -0.2) is 0 Å². The van der Waals surface area contributed by atoms with E-state index in [1.54, 1.807) is 6.92 Å². The van der Waals surface area contributed by atoms with Gasteiger partial charge in [-0.05, 0) is 49.1 Å². The van der Waals surface area contributed by atoms with Gasteiger partial charge in [-0.15, -0.1) is 0 Å². The number of carbonyl (C=O) groups excluding carboxylic acids is 2. The number of unbranched alkanes of at least 4 members (excludes halogenated alkanes) is 3. The van der Waals surface area contributed by atoms with E-state index in [9.17, 15) is 14.9 Å². The Bertz CT molecular complexity index is 1070. The zero-order chi connectivity index (χ0) is 24.2. The predicted octanol–water partition coefficient (Wildman–Crippen LogP) is 5.79. The van der Waals surface area contributed by atoms with Crippen LogP contribution in [0.1, 0.15) is 72.3 Å². The van der Waals surface area contributed by atoms with Gasteiger partial charge in [0.2, 0.25) is 0 Å². The first-order valence-electron chi connectivity index (χ1n) is 12.1. The van der Waals surface area contributed by atoms with E-state index in [2.05, 4.69) is 56.9 Å². The molecule has 0 bridgehead atoms. The van der Waals surface area contributed by atoms with Crippen LogP contribution in [0.15, 0.2) is 58.8 Å². The fourth-order valence-electron chi connectivity index (χ4n) is 4.74. The maximum Gasteiger partial charge on any atom is 0.271 e. The summed E-state index contributed by atoms with van der Waals surface area (Å²) in [5.41, 5.74) is 4.33. The molecule has 1 aromatic carbocycles. The number of anilines is 1. The number of imide groups is 1. The van der Waals surface area contributed by atoms with Crippen LogP contribution in [-0.4, -0.2) is 29.8 Å². The Kier molecular flexibility index (Phi) is 7.58. The summed E-state index contributed by atoms with van der Waals surface area (Å²) < 4.78 is 0. The largest absolute Gasteiger partial charge is 0.344 e. The minimum Gasteiger partial charge on any atom is -0.344 e. The first-order valence-corrected chi connectivity index (χ1v) is 12.1. The molecule has 2 aliphatic rings. The van der Waals surface area contributed by atoms with Crippen molar-refractivity contribution in [2.24, 2.45) is 0 Å². The molecule has 2 amide bonds. The zero-order valence-corrected chi connectivity index (χ0v) is 20.6. The average Bonchev–Trinajstić information content (AvgIpc) is 3.01. The van der Waals surface area contributed by atoms with E-state index in [1.807, 2.05) is 18.2 Å². The molecule has 33 heavy (non-hydrogen) atoms. The Labute approximate surface area is 198 Å². The second-order valence-corrected chi connectivity index (χ2v) is 9.36. The summed E-state index contributed by atoms with van der Waals surface area (Å²) in [6.45, 7) is 11.6. The quantitative estimate of drug-likeness (QED) is 0.288. The van der Waals surface area contributed by atoms with E-state index < -0.39 is 5.91 Å². The number of para-hydroxylation sites is 1. The van der Waals surface area contributed by atoms with Gasteiger partial charge in [0.05, 0.1) is 0 Å². The molecule has 0 aromatic heterocycles.